The van der Waals surface area contributed by atoms with Gasteiger partial charge in [-0.15, -0.1) is 12.4 Å². The molecule has 2 fully saturated rings. The van der Waals surface area contributed by atoms with Crippen molar-refractivity contribution in [2.75, 3.05) is 26.2 Å². The number of morpholine rings is 1. The van der Waals surface area contributed by atoms with Gasteiger partial charge in [0.15, 0.2) is 0 Å². The van der Waals surface area contributed by atoms with Crippen molar-refractivity contribution in [3.8, 4) is 0 Å². The molecule has 6 heteroatoms. The molecule has 1 saturated carbocycles. The Kier molecular flexibility index (Phi) is 5.66. The van der Waals surface area contributed by atoms with E-state index in [2.05, 4.69) is 44.8 Å². The van der Waals surface area contributed by atoms with Gasteiger partial charge in [-0.1, -0.05) is 28.1 Å². The molecule has 1 aliphatic heterocycles. The highest BCUT2D eigenvalue weighted by molar-refractivity contribution is 9.10. The number of hydrogen-bond acceptors (Lipinski definition) is 3. The molecule has 0 aromatic heterocycles. The van der Waals surface area contributed by atoms with Crippen LogP contribution in [0.15, 0.2) is 28.7 Å². The Morgan fingerprint density at radius 3 is 2.90 bits per heavy atom. The van der Waals surface area contributed by atoms with Gasteiger partial charge in [-0.2, -0.15) is 0 Å². The smallest absolute Gasteiger partial charge is 0.250 e. The number of hydrogen-bond donors (Lipinski definition) is 2. The van der Waals surface area contributed by atoms with Crippen LogP contribution in [-0.4, -0.2) is 38.3 Å². The van der Waals surface area contributed by atoms with Crippen LogP contribution >= 0.6 is 28.3 Å². The third-order valence-corrected chi connectivity index (χ3v) is 4.60. The maximum Gasteiger partial charge on any atom is 0.250 e. The fourth-order valence-electron chi connectivity index (χ4n) is 2.64. The predicted octanol–water partition coefficient (Wildman–Crippen LogP) is 2.01. The summed E-state index contributed by atoms with van der Waals surface area (Å²) < 4.78 is 6.56. The minimum atomic E-state index is -0.345. The van der Waals surface area contributed by atoms with Crippen molar-refractivity contribution in [2.45, 2.75) is 24.4 Å². The van der Waals surface area contributed by atoms with Gasteiger partial charge in [-0.05, 0) is 30.5 Å². The maximum atomic E-state index is 12.1. The SMILES string of the molecule is Cl.O=C(NCC1(c2cccc(Br)c2)CC1)C1CNCCO1. The third kappa shape index (κ3) is 3.97. The van der Waals surface area contributed by atoms with E-state index in [4.69, 9.17) is 4.74 Å². The summed E-state index contributed by atoms with van der Waals surface area (Å²) in [4.78, 5) is 12.1. The lowest BCUT2D eigenvalue weighted by Crippen LogP contribution is -2.49. The van der Waals surface area contributed by atoms with Gasteiger partial charge in [-0.3, -0.25) is 4.79 Å². The van der Waals surface area contributed by atoms with Crippen LogP contribution in [0.25, 0.3) is 0 Å². The number of carbonyl (C=O) groups excluding carboxylic acids is 1. The summed E-state index contributed by atoms with van der Waals surface area (Å²) >= 11 is 3.51. The van der Waals surface area contributed by atoms with Crippen LogP contribution in [0.3, 0.4) is 0 Å². The minimum Gasteiger partial charge on any atom is -0.366 e. The van der Waals surface area contributed by atoms with Gasteiger partial charge in [0.1, 0.15) is 6.10 Å². The number of amides is 1. The van der Waals surface area contributed by atoms with Crippen molar-refractivity contribution in [3.05, 3.63) is 34.3 Å². The maximum absolute atomic E-state index is 12.1. The molecule has 3 rings (SSSR count). The molecule has 21 heavy (non-hydrogen) atoms. The molecule has 0 radical (unpaired) electrons. The molecule has 1 aromatic carbocycles. The summed E-state index contributed by atoms with van der Waals surface area (Å²) in [5, 5.41) is 6.23. The Morgan fingerprint density at radius 1 is 1.48 bits per heavy atom. The van der Waals surface area contributed by atoms with Crippen molar-refractivity contribution < 1.29 is 9.53 Å². The fourth-order valence-corrected chi connectivity index (χ4v) is 3.04. The second-order valence-corrected chi connectivity index (χ2v) is 6.49. The molecule has 0 spiro atoms. The minimum absolute atomic E-state index is 0. The Balaban J connectivity index is 0.00000161. The summed E-state index contributed by atoms with van der Waals surface area (Å²) in [6.45, 7) is 2.73. The Morgan fingerprint density at radius 2 is 2.29 bits per heavy atom. The van der Waals surface area contributed by atoms with Crippen molar-refractivity contribution in [3.63, 3.8) is 0 Å². The van der Waals surface area contributed by atoms with E-state index < -0.39 is 0 Å². The third-order valence-electron chi connectivity index (χ3n) is 4.11. The van der Waals surface area contributed by atoms with Gasteiger partial charge in [0.05, 0.1) is 6.61 Å². The second-order valence-electron chi connectivity index (χ2n) is 5.57. The molecule has 0 bridgehead atoms. The summed E-state index contributed by atoms with van der Waals surface area (Å²) in [6, 6.07) is 8.37. The molecule has 1 aromatic rings. The van der Waals surface area contributed by atoms with E-state index in [-0.39, 0.29) is 29.8 Å². The monoisotopic (exact) mass is 374 g/mol. The van der Waals surface area contributed by atoms with Crippen LogP contribution in [0, 0.1) is 0 Å². The van der Waals surface area contributed by atoms with E-state index in [1.54, 1.807) is 0 Å². The number of halogens is 2. The van der Waals surface area contributed by atoms with Crippen LogP contribution in [0.4, 0.5) is 0 Å². The van der Waals surface area contributed by atoms with E-state index in [1.807, 2.05) is 6.07 Å². The first kappa shape index (κ1) is 16.7. The largest absolute Gasteiger partial charge is 0.366 e. The van der Waals surface area contributed by atoms with Crippen molar-refractivity contribution in [1.82, 2.24) is 10.6 Å². The average Bonchev–Trinajstić information content (AvgIpc) is 3.27. The molecule has 4 nitrogen and oxygen atoms in total. The molecule has 2 N–H and O–H groups in total. The molecule has 1 amide bonds. The van der Waals surface area contributed by atoms with Gasteiger partial charge >= 0.3 is 0 Å². The normalized spacial score (nSPS) is 23.0. The Bertz CT molecular complexity index is 502. The van der Waals surface area contributed by atoms with E-state index in [1.165, 1.54) is 5.56 Å². The molecule has 1 aliphatic carbocycles. The fraction of sp³-hybridized carbons (Fsp3) is 0.533. The molecule has 1 atom stereocenters. The van der Waals surface area contributed by atoms with Gasteiger partial charge in [0.2, 0.25) is 5.91 Å². The molecular formula is C15H20BrClN2O2. The van der Waals surface area contributed by atoms with Gasteiger partial charge in [-0.25, -0.2) is 0 Å². The van der Waals surface area contributed by atoms with E-state index in [0.717, 1.165) is 23.9 Å². The van der Waals surface area contributed by atoms with Crippen LogP contribution < -0.4 is 10.6 Å². The van der Waals surface area contributed by atoms with Gasteiger partial charge in [0, 0.05) is 29.5 Å². The summed E-state index contributed by atoms with van der Waals surface area (Å²) in [5.41, 5.74) is 1.43. The quantitative estimate of drug-likeness (QED) is 0.846. The Hall–Kier alpha value is -0.620. The van der Waals surface area contributed by atoms with Crippen LogP contribution in [0.2, 0.25) is 0 Å². The lowest BCUT2D eigenvalue weighted by molar-refractivity contribution is -0.134. The number of benzene rings is 1. The summed E-state index contributed by atoms with van der Waals surface area (Å²) in [6.07, 6.45) is 1.92. The highest BCUT2D eigenvalue weighted by Gasteiger charge is 2.44. The summed E-state index contributed by atoms with van der Waals surface area (Å²) in [7, 11) is 0. The summed E-state index contributed by atoms with van der Waals surface area (Å²) in [5.74, 6) is -0.00141. The molecular weight excluding hydrogens is 356 g/mol. The molecule has 2 aliphatic rings. The van der Waals surface area contributed by atoms with E-state index in [9.17, 15) is 4.79 Å². The zero-order valence-electron chi connectivity index (χ0n) is 11.7. The zero-order valence-corrected chi connectivity index (χ0v) is 14.1. The standard InChI is InChI=1S/C15H19BrN2O2.ClH/c16-12-3-1-2-11(8-12)15(4-5-15)10-18-14(19)13-9-17-6-7-20-13;/h1-3,8,13,17H,4-7,9-10H2,(H,18,19);1H. The highest BCUT2D eigenvalue weighted by atomic mass is 79.9. The van der Waals surface area contributed by atoms with Crippen LogP contribution in [-0.2, 0) is 14.9 Å². The molecule has 1 unspecified atom stereocenters. The van der Waals surface area contributed by atoms with Crippen molar-refractivity contribution >= 4 is 34.2 Å². The topological polar surface area (TPSA) is 50.4 Å². The van der Waals surface area contributed by atoms with Gasteiger partial charge < -0.3 is 15.4 Å². The van der Waals surface area contributed by atoms with E-state index in [0.29, 0.717) is 19.7 Å². The lowest BCUT2D eigenvalue weighted by atomic mass is 9.96. The molecule has 116 valence electrons. The highest BCUT2D eigenvalue weighted by Crippen LogP contribution is 2.48. The van der Waals surface area contributed by atoms with Crippen LogP contribution in [0.1, 0.15) is 18.4 Å². The number of ether oxygens (including phenoxy) is 1. The first-order valence-corrected chi connectivity index (χ1v) is 7.85. The molecule has 1 saturated heterocycles. The van der Waals surface area contributed by atoms with Crippen molar-refractivity contribution in [1.29, 1.82) is 0 Å². The Labute approximate surface area is 139 Å². The lowest BCUT2D eigenvalue weighted by Gasteiger charge is -2.24. The first-order valence-electron chi connectivity index (χ1n) is 7.06. The predicted molar refractivity (Wildman–Crippen MR) is 87.9 cm³/mol. The first-order chi connectivity index (χ1) is 9.70. The average molecular weight is 376 g/mol. The second kappa shape index (κ2) is 7.09. The zero-order chi connectivity index (χ0) is 14.0. The van der Waals surface area contributed by atoms with Gasteiger partial charge in [0.25, 0.3) is 0 Å². The molecule has 1 heterocycles. The van der Waals surface area contributed by atoms with Crippen LogP contribution in [0.5, 0.6) is 0 Å². The van der Waals surface area contributed by atoms with E-state index >= 15 is 0 Å². The number of nitrogens with one attached hydrogen (secondary N) is 2. The number of rotatable bonds is 4. The van der Waals surface area contributed by atoms with Crippen molar-refractivity contribution in [2.24, 2.45) is 0 Å². The number of carbonyl (C=O) groups is 1.